The highest BCUT2D eigenvalue weighted by atomic mass is 16.5. The normalized spacial score (nSPS) is 11.0. The maximum absolute atomic E-state index is 12.0. The molecule has 0 bridgehead atoms. The van der Waals surface area contributed by atoms with Gasteiger partial charge in [-0.25, -0.2) is 5.43 Å². The number of aromatic amines is 1. The average molecular weight is 395 g/mol. The van der Waals surface area contributed by atoms with Crippen LogP contribution in [-0.4, -0.2) is 38.4 Å². The fourth-order valence-electron chi connectivity index (χ4n) is 3.12. The van der Waals surface area contributed by atoms with Crippen molar-refractivity contribution in [2.75, 3.05) is 21.3 Å². The average Bonchev–Trinajstić information content (AvgIpc) is 3.15. The predicted octanol–water partition coefficient (Wildman–Crippen LogP) is 3.67. The van der Waals surface area contributed by atoms with Gasteiger partial charge in [0.05, 0.1) is 27.5 Å². The number of nitrogens with one attached hydrogen (secondary N) is 2. The lowest BCUT2D eigenvalue weighted by molar-refractivity contribution is -0.121. The highest BCUT2D eigenvalue weighted by molar-refractivity contribution is 5.84. The van der Waals surface area contributed by atoms with Gasteiger partial charge in [0.25, 0.3) is 0 Å². The van der Waals surface area contributed by atoms with Crippen molar-refractivity contribution < 1.29 is 19.0 Å². The summed E-state index contributed by atoms with van der Waals surface area (Å²) in [4.78, 5) is 15.4. The molecule has 0 aliphatic carbocycles. The molecule has 1 amide bonds. The molecule has 0 saturated carbocycles. The van der Waals surface area contributed by atoms with Crippen molar-refractivity contribution in [3.8, 4) is 17.2 Å². The first-order valence-corrected chi connectivity index (χ1v) is 9.33. The van der Waals surface area contributed by atoms with Gasteiger partial charge in [0.15, 0.2) is 11.5 Å². The van der Waals surface area contributed by atoms with Gasteiger partial charge in [-0.05, 0) is 42.5 Å². The Labute approximate surface area is 169 Å². The molecule has 0 radical (unpaired) electrons. The van der Waals surface area contributed by atoms with Crippen molar-refractivity contribution in [3.63, 3.8) is 0 Å². The Balaban J connectivity index is 1.51. The third-order valence-electron chi connectivity index (χ3n) is 4.53. The van der Waals surface area contributed by atoms with Crippen LogP contribution in [0.3, 0.4) is 0 Å². The molecular weight excluding hydrogens is 370 g/mol. The molecule has 0 unspecified atom stereocenters. The number of amides is 1. The number of ether oxygens (including phenoxy) is 3. The molecule has 7 nitrogen and oxygen atoms in total. The van der Waals surface area contributed by atoms with Gasteiger partial charge in [0, 0.05) is 23.2 Å². The highest BCUT2D eigenvalue weighted by Gasteiger charge is 2.12. The fraction of sp³-hybridized carbons (Fsp3) is 0.273. The van der Waals surface area contributed by atoms with E-state index in [1.165, 1.54) is 5.39 Å². The van der Waals surface area contributed by atoms with Gasteiger partial charge in [-0.2, -0.15) is 5.10 Å². The number of nitrogens with zero attached hydrogens (tertiary/aromatic N) is 1. The van der Waals surface area contributed by atoms with Crippen LogP contribution in [0.5, 0.6) is 17.2 Å². The summed E-state index contributed by atoms with van der Waals surface area (Å²) in [6.45, 7) is 0. The summed E-state index contributed by atoms with van der Waals surface area (Å²) in [5.74, 6) is 1.42. The number of carbonyl (C=O) groups is 1. The minimum Gasteiger partial charge on any atom is -0.493 e. The van der Waals surface area contributed by atoms with Crippen molar-refractivity contribution in [2.45, 2.75) is 19.3 Å². The van der Waals surface area contributed by atoms with Crippen molar-refractivity contribution in [1.29, 1.82) is 0 Å². The number of aromatic nitrogens is 1. The van der Waals surface area contributed by atoms with E-state index in [9.17, 15) is 4.79 Å². The Bertz CT molecular complexity index is 952. The molecule has 0 fully saturated rings. The van der Waals surface area contributed by atoms with Crippen LogP contribution in [0.4, 0.5) is 0 Å². The lowest BCUT2D eigenvalue weighted by Crippen LogP contribution is -2.17. The first kappa shape index (κ1) is 20.3. The van der Waals surface area contributed by atoms with E-state index in [2.05, 4.69) is 27.6 Å². The van der Waals surface area contributed by atoms with Crippen LogP contribution in [0.1, 0.15) is 24.1 Å². The van der Waals surface area contributed by atoms with E-state index in [1.54, 1.807) is 39.7 Å². The molecule has 1 aromatic heterocycles. The molecule has 29 heavy (non-hydrogen) atoms. The zero-order chi connectivity index (χ0) is 20.6. The van der Waals surface area contributed by atoms with Gasteiger partial charge in [0.1, 0.15) is 0 Å². The van der Waals surface area contributed by atoms with Crippen LogP contribution >= 0.6 is 0 Å². The molecular formula is C22H25N3O4. The minimum atomic E-state index is -0.134. The van der Waals surface area contributed by atoms with E-state index in [1.807, 2.05) is 18.2 Å². The molecule has 0 spiro atoms. The summed E-state index contributed by atoms with van der Waals surface area (Å²) in [5, 5.41) is 5.21. The SMILES string of the molecule is COc1cc(/C=N\NC(=O)CCCc2cc3ccccc3[nH]2)cc(OC)c1OC. The number of hydrazone groups is 1. The summed E-state index contributed by atoms with van der Waals surface area (Å²) >= 11 is 0. The maximum atomic E-state index is 12.0. The van der Waals surface area contributed by atoms with E-state index in [4.69, 9.17) is 14.2 Å². The molecule has 3 aromatic rings. The van der Waals surface area contributed by atoms with Gasteiger partial charge < -0.3 is 19.2 Å². The second-order valence-corrected chi connectivity index (χ2v) is 6.49. The van der Waals surface area contributed by atoms with Gasteiger partial charge >= 0.3 is 0 Å². The first-order valence-electron chi connectivity index (χ1n) is 9.33. The third kappa shape index (κ3) is 5.07. The zero-order valence-electron chi connectivity index (χ0n) is 16.8. The van der Waals surface area contributed by atoms with E-state index >= 15 is 0 Å². The Morgan fingerprint density at radius 1 is 1.07 bits per heavy atom. The number of hydrogen-bond acceptors (Lipinski definition) is 5. The predicted molar refractivity (Wildman–Crippen MR) is 113 cm³/mol. The van der Waals surface area contributed by atoms with Gasteiger partial charge in [-0.15, -0.1) is 0 Å². The molecule has 0 aliphatic rings. The van der Waals surface area contributed by atoms with Crippen molar-refractivity contribution >= 4 is 23.0 Å². The topological polar surface area (TPSA) is 84.9 Å². The van der Waals surface area contributed by atoms with Gasteiger partial charge in [-0.3, -0.25) is 4.79 Å². The fourth-order valence-corrected chi connectivity index (χ4v) is 3.12. The molecule has 2 N–H and O–H groups in total. The number of fused-ring (bicyclic) bond motifs is 1. The lowest BCUT2D eigenvalue weighted by atomic mass is 10.2. The van der Waals surface area contributed by atoms with E-state index in [0.717, 1.165) is 29.6 Å². The van der Waals surface area contributed by atoms with E-state index < -0.39 is 0 Å². The molecule has 152 valence electrons. The molecule has 3 rings (SSSR count). The van der Waals surface area contributed by atoms with Crippen molar-refractivity contribution in [3.05, 3.63) is 53.7 Å². The monoisotopic (exact) mass is 395 g/mol. The summed E-state index contributed by atoms with van der Waals surface area (Å²) in [6, 6.07) is 13.8. The van der Waals surface area contributed by atoms with E-state index in [-0.39, 0.29) is 5.91 Å². The molecule has 0 saturated heterocycles. The van der Waals surface area contributed by atoms with E-state index in [0.29, 0.717) is 23.7 Å². The van der Waals surface area contributed by atoms with Crippen molar-refractivity contribution in [2.24, 2.45) is 5.10 Å². The summed E-state index contributed by atoms with van der Waals surface area (Å²) in [7, 11) is 4.64. The standard InChI is InChI=1S/C22H25N3O4/c1-27-19-11-15(12-20(28-2)22(19)29-3)14-23-25-21(26)10-6-8-17-13-16-7-4-5-9-18(16)24-17/h4-5,7,9,11-14,24H,6,8,10H2,1-3H3,(H,25,26)/b23-14-. The Kier molecular flexibility index (Phi) is 6.73. The van der Waals surface area contributed by atoms with Crippen LogP contribution < -0.4 is 19.6 Å². The minimum absolute atomic E-state index is 0.134. The first-order chi connectivity index (χ1) is 14.1. The lowest BCUT2D eigenvalue weighted by Gasteiger charge is -2.12. The Morgan fingerprint density at radius 3 is 2.45 bits per heavy atom. The van der Waals surface area contributed by atoms with Gasteiger partial charge in [0.2, 0.25) is 11.7 Å². The highest BCUT2D eigenvalue weighted by Crippen LogP contribution is 2.37. The second-order valence-electron chi connectivity index (χ2n) is 6.49. The number of hydrogen-bond donors (Lipinski definition) is 2. The molecule has 0 aliphatic heterocycles. The number of rotatable bonds is 9. The smallest absolute Gasteiger partial charge is 0.240 e. The van der Waals surface area contributed by atoms with Crippen LogP contribution in [0.2, 0.25) is 0 Å². The Morgan fingerprint density at radius 2 is 1.79 bits per heavy atom. The van der Waals surface area contributed by atoms with Crippen LogP contribution in [0.15, 0.2) is 47.6 Å². The number of H-pyrrole nitrogens is 1. The summed E-state index contributed by atoms with van der Waals surface area (Å²) < 4.78 is 15.9. The largest absolute Gasteiger partial charge is 0.493 e. The Hall–Kier alpha value is -3.48. The summed E-state index contributed by atoms with van der Waals surface area (Å²) in [6.07, 6.45) is 3.47. The van der Waals surface area contributed by atoms with Crippen LogP contribution in [-0.2, 0) is 11.2 Å². The van der Waals surface area contributed by atoms with Crippen LogP contribution in [0.25, 0.3) is 10.9 Å². The number of benzene rings is 2. The summed E-state index contributed by atoms with van der Waals surface area (Å²) in [5.41, 5.74) is 5.51. The molecule has 2 aromatic carbocycles. The quantitative estimate of drug-likeness (QED) is 0.428. The number of carbonyl (C=O) groups excluding carboxylic acids is 1. The number of methoxy groups -OCH3 is 3. The molecule has 0 atom stereocenters. The second kappa shape index (κ2) is 9.64. The zero-order valence-corrected chi connectivity index (χ0v) is 16.8. The third-order valence-corrected chi connectivity index (χ3v) is 4.53. The number of para-hydroxylation sites is 1. The van der Waals surface area contributed by atoms with Crippen LogP contribution in [0, 0.1) is 0 Å². The molecule has 1 heterocycles. The maximum Gasteiger partial charge on any atom is 0.240 e. The number of aryl methyl sites for hydroxylation is 1. The molecule has 7 heteroatoms. The van der Waals surface area contributed by atoms with Gasteiger partial charge in [-0.1, -0.05) is 18.2 Å². The van der Waals surface area contributed by atoms with Crippen molar-refractivity contribution in [1.82, 2.24) is 10.4 Å².